The number of hydrogen-bond donors (Lipinski definition) is 1. The van der Waals surface area contributed by atoms with Gasteiger partial charge in [-0.15, -0.1) is 5.10 Å². The molecule has 1 atom stereocenters. The van der Waals surface area contributed by atoms with Crippen molar-refractivity contribution in [2.45, 2.75) is 6.04 Å². The Morgan fingerprint density at radius 1 is 1.22 bits per heavy atom. The van der Waals surface area contributed by atoms with E-state index >= 15 is 0 Å². The van der Waals surface area contributed by atoms with Gasteiger partial charge in [-0.2, -0.15) is 0 Å². The number of aromatic nitrogens is 4. The van der Waals surface area contributed by atoms with Crippen LogP contribution in [-0.4, -0.2) is 58.8 Å². The third kappa shape index (κ3) is 4.29. The first-order valence-electron chi connectivity index (χ1n) is 8.51. The first-order chi connectivity index (χ1) is 13.1. The summed E-state index contributed by atoms with van der Waals surface area (Å²) in [5.41, 5.74) is 2.29. The van der Waals surface area contributed by atoms with Gasteiger partial charge in [0.25, 0.3) is 5.91 Å². The van der Waals surface area contributed by atoms with Gasteiger partial charge in [0.1, 0.15) is 12.1 Å². The average molecular weight is 366 g/mol. The number of carbonyl (C=O) groups is 1. The quantitative estimate of drug-likeness (QED) is 0.685. The van der Waals surface area contributed by atoms with Gasteiger partial charge in [0.2, 0.25) is 0 Å². The maximum Gasteiger partial charge on any atom is 0.251 e. The molecule has 0 radical (unpaired) electrons. The molecule has 3 rings (SSSR count). The number of nitrogens with zero attached hydrogens (tertiary/aromatic N) is 5. The first-order valence-corrected chi connectivity index (χ1v) is 8.51. The van der Waals surface area contributed by atoms with Crippen LogP contribution in [0.25, 0.3) is 5.69 Å². The largest absolute Gasteiger partial charge is 0.496 e. The van der Waals surface area contributed by atoms with Crippen LogP contribution in [0.4, 0.5) is 0 Å². The molecule has 3 aromatic rings. The second-order valence-electron chi connectivity index (χ2n) is 6.24. The predicted octanol–water partition coefficient (Wildman–Crippen LogP) is 1.70. The number of tetrazole rings is 1. The van der Waals surface area contributed by atoms with Gasteiger partial charge < -0.3 is 15.0 Å². The van der Waals surface area contributed by atoms with Crippen molar-refractivity contribution in [3.05, 3.63) is 66.0 Å². The summed E-state index contributed by atoms with van der Waals surface area (Å²) in [6.45, 7) is 0.446. The van der Waals surface area contributed by atoms with Crippen molar-refractivity contribution in [2.24, 2.45) is 0 Å². The van der Waals surface area contributed by atoms with Crippen molar-refractivity contribution >= 4 is 5.91 Å². The van der Waals surface area contributed by atoms with E-state index in [2.05, 4.69) is 25.7 Å². The van der Waals surface area contributed by atoms with E-state index in [0.29, 0.717) is 12.1 Å². The summed E-state index contributed by atoms with van der Waals surface area (Å²) in [7, 11) is 5.60. The zero-order valence-electron chi connectivity index (χ0n) is 15.5. The third-order valence-electron chi connectivity index (χ3n) is 4.30. The molecule has 1 aromatic heterocycles. The highest BCUT2D eigenvalue weighted by molar-refractivity contribution is 5.94. The summed E-state index contributed by atoms with van der Waals surface area (Å²) in [5, 5.41) is 14.1. The molecule has 1 unspecified atom stereocenters. The number of carbonyl (C=O) groups excluding carboxylic acids is 1. The normalized spacial score (nSPS) is 12.0. The summed E-state index contributed by atoms with van der Waals surface area (Å²) >= 11 is 0. The summed E-state index contributed by atoms with van der Waals surface area (Å²) in [6.07, 6.45) is 1.49. The highest BCUT2D eigenvalue weighted by Gasteiger charge is 2.19. The number of rotatable bonds is 7. The van der Waals surface area contributed by atoms with Gasteiger partial charge in [0.15, 0.2) is 0 Å². The Morgan fingerprint density at radius 3 is 2.74 bits per heavy atom. The van der Waals surface area contributed by atoms with Crippen LogP contribution >= 0.6 is 0 Å². The number of methoxy groups -OCH3 is 1. The molecule has 2 aromatic carbocycles. The Labute approximate surface area is 157 Å². The summed E-state index contributed by atoms with van der Waals surface area (Å²) in [4.78, 5) is 14.7. The Morgan fingerprint density at radius 2 is 2.04 bits per heavy atom. The molecular weight excluding hydrogens is 344 g/mol. The number of amides is 1. The van der Waals surface area contributed by atoms with E-state index < -0.39 is 0 Å². The highest BCUT2D eigenvalue weighted by atomic mass is 16.5. The second-order valence-corrected chi connectivity index (χ2v) is 6.24. The molecule has 0 spiro atoms. The van der Waals surface area contributed by atoms with E-state index in [-0.39, 0.29) is 11.9 Å². The van der Waals surface area contributed by atoms with Gasteiger partial charge in [-0.05, 0) is 48.8 Å². The van der Waals surface area contributed by atoms with Gasteiger partial charge in [-0.1, -0.05) is 24.3 Å². The lowest BCUT2D eigenvalue weighted by molar-refractivity contribution is 0.0941. The SMILES string of the molecule is COc1ccccc1C(CNC(=O)c1cccc(-n2cnnn2)c1)N(C)C. The van der Waals surface area contributed by atoms with Gasteiger partial charge in [0.05, 0.1) is 18.8 Å². The molecule has 1 heterocycles. The van der Waals surface area contributed by atoms with E-state index in [0.717, 1.165) is 17.0 Å². The van der Waals surface area contributed by atoms with Crippen molar-refractivity contribution in [1.29, 1.82) is 0 Å². The van der Waals surface area contributed by atoms with Crippen LogP contribution in [0.5, 0.6) is 5.75 Å². The molecule has 0 aliphatic carbocycles. The van der Waals surface area contributed by atoms with Crippen LogP contribution in [0, 0.1) is 0 Å². The minimum atomic E-state index is -0.160. The summed E-state index contributed by atoms with van der Waals surface area (Å²) in [6, 6.07) is 14.9. The maximum atomic E-state index is 12.7. The molecule has 8 heteroatoms. The van der Waals surface area contributed by atoms with Crippen LogP contribution in [0.1, 0.15) is 22.0 Å². The molecular formula is C19H22N6O2. The lowest BCUT2D eigenvalue weighted by Crippen LogP contribution is -2.34. The highest BCUT2D eigenvalue weighted by Crippen LogP contribution is 2.27. The molecule has 0 saturated heterocycles. The van der Waals surface area contributed by atoms with Gasteiger partial charge in [0, 0.05) is 17.7 Å². The Hall–Kier alpha value is -3.26. The standard InChI is InChI=1S/C19H22N6O2/c1-24(2)17(16-9-4-5-10-18(16)27-3)12-20-19(26)14-7-6-8-15(11-14)25-13-21-22-23-25/h4-11,13,17H,12H2,1-3H3,(H,20,26). The number of likely N-dealkylation sites (N-methyl/N-ethyl adjacent to an activating group) is 1. The Bertz CT molecular complexity index is 895. The second kappa shape index (κ2) is 8.41. The van der Waals surface area contributed by atoms with E-state index in [9.17, 15) is 4.79 Å². The van der Waals surface area contributed by atoms with E-state index in [4.69, 9.17) is 4.74 Å². The smallest absolute Gasteiger partial charge is 0.251 e. The fraction of sp³-hybridized carbons (Fsp3) is 0.263. The van der Waals surface area contributed by atoms with Crippen LogP contribution in [0.2, 0.25) is 0 Å². The Balaban J connectivity index is 1.74. The van der Waals surface area contributed by atoms with Gasteiger partial charge >= 0.3 is 0 Å². The maximum absolute atomic E-state index is 12.7. The van der Waals surface area contributed by atoms with Crippen molar-refractivity contribution < 1.29 is 9.53 Å². The lowest BCUT2D eigenvalue weighted by atomic mass is 10.0. The number of nitrogens with one attached hydrogen (secondary N) is 1. The van der Waals surface area contributed by atoms with Crippen molar-refractivity contribution in [3.8, 4) is 11.4 Å². The van der Waals surface area contributed by atoms with E-state index in [1.54, 1.807) is 25.3 Å². The fourth-order valence-corrected chi connectivity index (χ4v) is 2.87. The first kappa shape index (κ1) is 18.5. The zero-order chi connectivity index (χ0) is 19.2. The van der Waals surface area contributed by atoms with Gasteiger partial charge in [-0.3, -0.25) is 4.79 Å². The molecule has 140 valence electrons. The van der Waals surface area contributed by atoms with Crippen molar-refractivity contribution in [3.63, 3.8) is 0 Å². The lowest BCUT2D eigenvalue weighted by Gasteiger charge is -2.26. The molecule has 0 fully saturated rings. The van der Waals surface area contributed by atoms with Crippen molar-refractivity contribution in [1.82, 2.24) is 30.4 Å². The molecule has 0 aliphatic heterocycles. The molecule has 1 amide bonds. The summed E-state index contributed by atoms with van der Waals surface area (Å²) < 4.78 is 6.97. The van der Waals surface area contributed by atoms with Crippen LogP contribution < -0.4 is 10.1 Å². The zero-order valence-corrected chi connectivity index (χ0v) is 15.5. The predicted molar refractivity (Wildman–Crippen MR) is 101 cm³/mol. The van der Waals surface area contributed by atoms with Crippen LogP contribution in [0.3, 0.4) is 0 Å². The molecule has 0 aliphatic rings. The minimum absolute atomic E-state index is 0.0206. The molecule has 0 saturated carbocycles. The topological polar surface area (TPSA) is 85.2 Å². The number of benzene rings is 2. The number of ether oxygens (including phenoxy) is 1. The third-order valence-corrected chi connectivity index (χ3v) is 4.30. The minimum Gasteiger partial charge on any atom is -0.496 e. The monoisotopic (exact) mass is 366 g/mol. The molecule has 1 N–H and O–H groups in total. The number of para-hydroxylation sites is 1. The van der Waals surface area contributed by atoms with Crippen LogP contribution in [-0.2, 0) is 0 Å². The number of hydrogen-bond acceptors (Lipinski definition) is 6. The Kier molecular flexibility index (Phi) is 5.77. The van der Waals surface area contributed by atoms with E-state index in [1.807, 2.05) is 44.4 Å². The van der Waals surface area contributed by atoms with Crippen molar-refractivity contribution in [2.75, 3.05) is 27.7 Å². The molecule has 8 nitrogen and oxygen atoms in total. The summed E-state index contributed by atoms with van der Waals surface area (Å²) in [5.74, 6) is 0.637. The van der Waals surface area contributed by atoms with E-state index in [1.165, 1.54) is 11.0 Å². The fourth-order valence-electron chi connectivity index (χ4n) is 2.87. The molecule has 27 heavy (non-hydrogen) atoms. The van der Waals surface area contributed by atoms with Crippen LogP contribution in [0.15, 0.2) is 54.9 Å². The average Bonchev–Trinajstić information content (AvgIpc) is 3.23. The molecule has 0 bridgehead atoms. The van der Waals surface area contributed by atoms with Gasteiger partial charge in [-0.25, -0.2) is 4.68 Å².